The van der Waals surface area contributed by atoms with Gasteiger partial charge in [0.1, 0.15) is 0 Å². The standard InChI is InChI=1S/C12H20N4O/c1-8(2)16-7-6-14-11(12(16)17)15-10-5-3-4-9(10)13/h6-10H,3-5,13H2,1-2H3,(H,14,15). The molecule has 2 atom stereocenters. The topological polar surface area (TPSA) is 72.9 Å². The van der Waals surface area contributed by atoms with Gasteiger partial charge in [-0.05, 0) is 33.1 Å². The normalized spacial score (nSPS) is 24.2. The van der Waals surface area contributed by atoms with Gasteiger partial charge in [0.2, 0.25) is 0 Å². The number of aromatic nitrogens is 2. The van der Waals surface area contributed by atoms with Gasteiger partial charge in [-0.2, -0.15) is 0 Å². The maximum Gasteiger partial charge on any atom is 0.293 e. The van der Waals surface area contributed by atoms with Crippen LogP contribution in [0.1, 0.15) is 39.2 Å². The maximum absolute atomic E-state index is 12.1. The monoisotopic (exact) mass is 236 g/mol. The van der Waals surface area contributed by atoms with Crippen molar-refractivity contribution in [2.75, 3.05) is 5.32 Å². The number of nitrogens with two attached hydrogens (primary N) is 1. The fourth-order valence-corrected chi connectivity index (χ4v) is 2.27. The van der Waals surface area contributed by atoms with E-state index in [1.165, 1.54) is 0 Å². The molecule has 0 aromatic carbocycles. The minimum atomic E-state index is -0.0680. The molecule has 0 saturated heterocycles. The Balaban J connectivity index is 2.21. The fraction of sp³-hybridized carbons (Fsp3) is 0.667. The quantitative estimate of drug-likeness (QED) is 0.824. The van der Waals surface area contributed by atoms with Crippen LogP contribution in [0.15, 0.2) is 17.2 Å². The van der Waals surface area contributed by atoms with Crippen LogP contribution in [-0.4, -0.2) is 21.6 Å². The summed E-state index contributed by atoms with van der Waals surface area (Å²) in [4.78, 5) is 16.2. The highest BCUT2D eigenvalue weighted by Crippen LogP contribution is 2.19. The molecule has 0 bridgehead atoms. The van der Waals surface area contributed by atoms with E-state index in [2.05, 4.69) is 10.3 Å². The van der Waals surface area contributed by atoms with E-state index in [9.17, 15) is 4.79 Å². The van der Waals surface area contributed by atoms with Crippen LogP contribution in [0.4, 0.5) is 5.82 Å². The van der Waals surface area contributed by atoms with Crippen LogP contribution in [0.25, 0.3) is 0 Å². The highest BCUT2D eigenvalue weighted by atomic mass is 16.1. The Morgan fingerprint density at radius 1 is 1.53 bits per heavy atom. The molecule has 2 rings (SSSR count). The zero-order valence-corrected chi connectivity index (χ0v) is 10.4. The second kappa shape index (κ2) is 4.87. The predicted octanol–water partition coefficient (Wildman–Crippen LogP) is 1.12. The lowest BCUT2D eigenvalue weighted by atomic mass is 10.2. The minimum absolute atomic E-state index is 0.0680. The molecule has 1 aliphatic carbocycles. The van der Waals surface area contributed by atoms with E-state index in [-0.39, 0.29) is 23.7 Å². The second-order valence-electron chi connectivity index (χ2n) is 4.93. The Hall–Kier alpha value is -1.36. The van der Waals surface area contributed by atoms with Crippen molar-refractivity contribution in [3.8, 4) is 0 Å². The van der Waals surface area contributed by atoms with Crippen molar-refractivity contribution >= 4 is 5.82 Å². The molecule has 1 aliphatic rings. The first-order valence-electron chi connectivity index (χ1n) is 6.19. The minimum Gasteiger partial charge on any atom is -0.361 e. The van der Waals surface area contributed by atoms with Gasteiger partial charge < -0.3 is 15.6 Å². The zero-order valence-electron chi connectivity index (χ0n) is 10.4. The third kappa shape index (κ3) is 2.49. The lowest BCUT2D eigenvalue weighted by Gasteiger charge is -2.18. The first kappa shape index (κ1) is 12.1. The van der Waals surface area contributed by atoms with Crippen molar-refractivity contribution in [2.24, 2.45) is 5.73 Å². The van der Waals surface area contributed by atoms with Gasteiger partial charge >= 0.3 is 0 Å². The van der Waals surface area contributed by atoms with Gasteiger partial charge in [0.15, 0.2) is 5.82 Å². The van der Waals surface area contributed by atoms with Gasteiger partial charge in [0.25, 0.3) is 5.56 Å². The molecule has 1 fully saturated rings. The van der Waals surface area contributed by atoms with Gasteiger partial charge in [0, 0.05) is 30.5 Å². The fourth-order valence-electron chi connectivity index (χ4n) is 2.27. The second-order valence-corrected chi connectivity index (χ2v) is 4.93. The average molecular weight is 236 g/mol. The molecule has 94 valence electrons. The molecule has 1 heterocycles. The van der Waals surface area contributed by atoms with Crippen molar-refractivity contribution in [2.45, 2.75) is 51.2 Å². The van der Waals surface area contributed by atoms with E-state index in [4.69, 9.17) is 5.73 Å². The first-order chi connectivity index (χ1) is 8.09. The summed E-state index contributed by atoms with van der Waals surface area (Å²) in [6, 6.07) is 0.449. The molecule has 0 spiro atoms. The summed E-state index contributed by atoms with van der Waals surface area (Å²) in [5, 5.41) is 3.18. The Kier molecular flexibility index (Phi) is 3.47. The summed E-state index contributed by atoms with van der Waals surface area (Å²) in [5.41, 5.74) is 5.91. The SMILES string of the molecule is CC(C)n1ccnc(NC2CCCC2N)c1=O. The lowest BCUT2D eigenvalue weighted by molar-refractivity contribution is 0.571. The largest absolute Gasteiger partial charge is 0.361 e. The van der Waals surface area contributed by atoms with Crippen LogP contribution >= 0.6 is 0 Å². The average Bonchev–Trinajstić information content (AvgIpc) is 2.67. The zero-order chi connectivity index (χ0) is 12.4. The van der Waals surface area contributed by atoms with E-state index in [1.54, 1.807) is 17.0 Å². The van der Waals surface area contributed by atoms with Gasteiger partial charge in [-0.1, -0.05) is 0 Å². The molecule has 2 unspecified atom stereocenters. The molecule has 1 aromatic rings. The van der Waals surface area contributed by atoms with Crippen LogP contribution in [0, 0.1) is 0 Å². The van der Waals surface area contributed by atoms with Gasteiger partial charge in [0.05, 0.1) is 0 Å². The summed E-state index contributed by atoms with van der Waals surface area (Å²) >= 11 is 0. The van der Waals surface area contributed by atoms with Crippen LogP contribution in [0.5, 0.6) is 0 Å². The molecule has 3 N–H and O–H groups in total. The Morgan fingerprint density at radius 3 is 2.88 bits per heavy atom. The summed E-state index contributed by atoms with van der Waals surface area (Å²) in [6.07, 6.45) is 6.52. The molecule has 0 amide bonds. The number of hydrogen-bond donors (Lipinski definition) is 2. The lowest BCUT2D eigenvalue weighted by Crippen LogP contribution is -2.38. The van der Waals surface area contributed by atoms with Crippen LogP contribution in [-0.2, 0) is 0 Å². The maximum atomic E-state index is 12.1. The number of rotatable bonds is 3. The summed E-state index contributed by atoms with van der Waals surface area (Å²) < 4.78 is 1.68. The van der Waals surface area contributed by atoms with Gasteiger partial charge in [-0.15, -0.1) is 0 Å². The molecule has 1 saturated carbocycles. The summed E-state index contributed by atoms with van der Waals surface area (Å²) in [5.74, 6) is 0.420. The summed E-state index contributed by atoms with van der Waals surface area (Å²) in [7, 11) is 0. The molecule has 1 aromatic heterocycles. The molecule has 5 nitrogen and oxygen atoms in total. The van der Waals surface area contributed by atoms with Crippen molar-refractivity contribution in [3.05, 3.63) is 22.7 Å². The van der Waals surface area contributed by atoms with E-state index in [0.29, 0.717) is 5.82 Å². The number of hydrogen-bond acceptors (Lipinski definition) is 4. The third-order valence-corrected chi connectivity index (χ3v) is 3.32. The highest BCUT2D eigenvalue weighted by Gasteiger charge is 2.24. The Labute approximate surface area is 101 Å². The van der Waals surface area contributed by atoms with E-state index in [1.807, 2.05) is 13.8 Å². The third-order valence-electron chi connectivity index (χ3n) is 3.32. The van der Waals surface area contributed by atoms with Crippen molar-refractivity contribution < 1.29 is 0 Å². The molecular formula is C12H20N4O. The van der Waals surface area contributed by atoms with E-state index in [0.717, 1.165) is 19.3 Å². The van der Waals surface area contributed by atoms with Gasteiger partial charge in [-0.3, -0.25) is 4.79 Å². The number of nitrogens with one attached hydrogen (secondary N) is 1. The van der Waals surface area contributed by atoms with E-state index < -0.39 is 0 Å². The van der Waals surface area contributed by atoms with Crippen LogP contribution < -0.4 is 16.6 Å². The molecule has 17 heavy (non-hydrogen) atoms. The predicted molar refractivity (Wildman–Crippen MR) is 68.1 cm³/mol. The molecule has 0 aliphatic heterocycles. The highest BCUT2D eigenvalue weighted by molar-refractivity contribution is 5.33. The van der Waals surface area contributed by atoms with Crippen molar-refractivity contribution in [1.29, 1.82) is 0 Å². The Bertz CT molecular complexity index is 440. The Morgan fingerprint density at radius 2 is 2.29 bits per heavy atom. The van der Waals surface area contributed by atoms with Crippen LogP contribution in [0.3, 0.4) is 0 Å². The van der Waals surface area contributed by atoms with Crippen molar-refractivity contribution in [1.82, 2.24) is 9.55 Å². The summed E-state index contributed by atoms with van der Waals surface area (Å²) in [6.45, 7) is 3.96. The van der Waals surface area contributed by atoms with E-state index >= 15 is 0 Å². The molecular weight excluding hydrogens is 216 g/mol. The number of anilines is 1. The molecule has 0 radical (unpaired) electrons. The first-order valence-corrected chi connectivity index (χ1v) is 6.19. The number of nitrogens with zero attached hydrogens (tertiary/aromatic N) is 2. The smallest absolute Gasteiger partial charge is 0.293 e. The van der Waals surface area contributed by atoms with Crippen LogP contribution in [0.2, 0.25) is 0 Å². The molecule has 5 heteroatoms. The van der Waals surface area contributed by atoms with Gasteiger partial charge in [-0.25, -0.2) is 4.98 Å². The van der Waals surface area contributed by atoms with Crippen molar-refractivity contribution in [3.63, 3.8) is 0 Å².